The minimum atomic E-state index is -0.858. The summed E-state index contributed by atoms with van der Waals surface area (Å²) in [4.78, 5) is 12.3. The average molecular weight is 316 g/mol. The van der Waals surface area contributed by atoms with E-state index in [1.807, 2.05) is 24.3 Å². The topological polar surface area (TPSA) is 56.4 Å². The number of halogens is 1. The van der Waals surface area contributed by atoms with E-state index >= 15 is 0 Å². The second kappa shape index (κ2) is 6.26. The fourth-order valence-electron chi connectivity index (χ4n) is 2.53. The van der Waals surface area contributed by atoms with Crippen molar-refractivity contribution in [1.29, 1.82) is 0 Å². The van der Waals surface area contributed by atoms with Gasteiger partial charge < -0.3 is 9.84 Å². The molecule has 6 heteroatoms. The molecule has 3 aromatic rings. The number of rotatable bonds is 5. The van der Waals surface area contributed by atoms with Crippen LogP contribution in [-0.2, 0) is 13.6 Å². The number of aryl methyl sites for hydroxylation is 1. The number of hydrogen-bond acceptors (Lipinski definition) is 3. The second-order valence-corrected chi connectivity index (χ2v) is 5.36. The number of fused-ring (bicyclic) bond motifs is 1. The molecule has 0 aliphatic heterocycles. The first-order valence-corrected chi connectivity index (χ1v) is 7.27. The maximum Gasteiger partial charge on any atom is 0.328 e. The SMILES string of the molecule is Cn1c(=O)n(C[C@H](O)COc2ccc(F)cc2)c2ccccc21. The smallest absolute Gasteiger partial charge is 0.328 e. The summed E-state index contributed by atoms with van der Waals surface area (Å²) in [5, 5.41) is 10.1. The van der Waals surface area contributed by atoms with Crippen molar-refractivity contribution in [3.63, 3.8) is 0 Å². The number of hydrogen-bond donors (Lipinski definition) is 1. The number of ether oxygens (including phenoxy) is 1. The molecule has 0 saturated carbocycles. The van der Waals surface area contributed by atoms with Gasteiger partial charge in [-0.2, -0.15) is 0 Å². The van der Waals surface area contributed by atoms with E-state index < -0.39 is 6.10 Å². The molecule has 0 aliphatic rings. The molecule has 2 aromatic carbocycles. The number of benzene rings is 2. The normalized spacial score (nSPS) is 12.5. The van der Waals surface area contributed by atoms with Crippen LogP contribution in [0, 0.1) is 5.82 Å². The van der Waals surface area contributed by atoms with Gasteiger partial charge in [-0.1, -0.05) is 12.1 Å². The highest BCUT2D eigenvalue weighted by molar-refractivity contribution is 5.75. The number of aliphatic hydroxyl groups excluding tert-OH is 1. The van der Waals surface area contributed by atoms with Gasteiger partial charge in [0.15, 0.2) is 0 Å². The molecule has 1 N–H and O–H groups in total. The maximum absolute atomic E-state index is 12.8. The zero-order valence-electron chi connectivity index (χ0n) is 12.6. The summed E-state index contributed by atoms with van der Waals surface area (Å²) in [6, 6.07) is 13.0. The summed E-state index contributed by atoms with van der Waals surface area (Å²) in [7, 11) is 1.70. The minimum absolute atomic E-state index is 0.0152. The molecule has 1 atom stereocenters. The fraction of sp³-hybridized carbons (Fsp3) is 0.235. The maximum atomic E-state index is 12.8. The molecule has 0 unspecified atom stereocenters. The van der Waals surface area contributed by atoms with Crippen molar-refractivity contribution in [2.24, 2.45) is 7.05 Å². The van der Waals surface area contributed by atoms with Crippen LogP contribution in [0.25, 0.3) is 11.0 Å². The molecule has 120 valence electrons. The molecule has 0 saturated heterocycles. The van der Waals surface area contributed by atoms with Gasteiger partial charge in [0, 0.05) is 7.05 Å². The highest BCUT2D eigenvalue weighted by Crippen LogP contribution is 2.14. The van der Waals surface area contributed by atoms with Crippen LogP contribution in [0.2, 0.25) is 0 Å². The molecule has 0 spiro atoms. The lowest BCUT2D eigenvalue weighted by Gasteiger charge is -2.13. The van der Waals surface area contributed by atoms with Crippen LogP contribution in [0.15, 0.2) is 53.3 Å². The number of nitrogens with zero attached hydrogens (tertiary/aromatic N) is 2. The van der Waals surface area contributed by atoms with Gasteiger partial charge in [0.25, 0.3) is 0 Å². The first kappa shape index (κ1) is 15.3. The average Bonchev–Trinajstić information content (AvgIpc) is 2.80. The van der Waals surface area contributed by atoms with E-state index in [-0.39, 0.29) is 24.7 Å². The molecule has 1 heterocycles. The van der Waals surface area contributed by atoms with E-state index in [1.165, 1.54) is 28.8 Å². The quantitative estimate of drug-likeness (QED) is 0.782. The molecule has 0 radical (unpaired) electrons. The van der Waals surface area contributed by atoms with Gasteiger partial charge >= 0.3 is 5.69 Å². The van der Waals surface area contributed by atoms with Crippen molar-refractivity contribution < 1.29 is 14.2 Å². The van der Waals surface area contributed by atoms with Crippen molar-refractivity contribution in [3.8, 4) is 5.75 Å². The van der Waals surface area contributed by atoms with Crippen molar-refractivity contribution in [2.45, 2.75) is 12.6 Å². The Kier molecular flexibility index (Phi) is 4.16. The Bertz CT molecular complexity index is 868. The van der Waals surface area contributed by atoms with E-state index in [4.69, 9.17) is 4.74 Å². The van der Waals surface area contributed by atoms with Gasteiger partial charge in [-0.25, -0.2) is 9.18 Å². The zero-order chi connectivity index (χ0) is 16.4. The summed E-state index contributed by atoms with van der Waals surface area (Å²) in [6.07, 6.45) is -0.858. The molecule has 0 aliphatic carbocycles. The molecule has 1 aromatic heterocycles. The van der Waals surface area contributed by atoms with Crippen molar-refractivity contribution >= 4 is 11.0 Å². The second-order valence-electron chi connectivity index (χ2n) is 5.36. The lowest BCUT2D eigenvalue weighted by atomic mass is 10.3. The van der Waals surface area contributed by atoms with Gasteiger partial charge in [0.2, 0.25) is 0 Å². The lowest BCUT2D eigenvalue weighted by Crippen LogP contribution is -2.30. The van der Waals surface area contributed by atoms with E-state index in [9.17, 15) is 14.3 Å². The third-order valence-electron chi connectivity index (χ3n) is 3.70. The predicted molar refractivity (Wildman–Crippen MR) is 85.1 cm³/mol. The van der Waals surface area contributed by atoms with Gasteiger partial charge in [0.05, 0.1) is 17.6 Å². The Morgan fingerprint density at radius 2 is 1.78 bits per heavy atom. The molecule has 0 amide bonds. The third kappa shape index (κ3) is 3.12. The zero-order valence-corrected chi connectivity index (χ0v) is 12.6. The highest BCUT2D eigenvalue weighted by Gasteiger charge is 2.14. The van der Waals surface area contributed by atoms with Gasteiger partial charge in [-0.3, -0.25) is 9.13 Å². The van der Waals surface area contributed by atoms with Crippen molar-refractivity contribution in [3.05, 3.63) is 64.8 Å². The highest BCUT2D eigenvalue weighted by atomic mass is 19.1. The molecule has 0 bridgehead atoms. The van der Waals surface area contributed by atoms with Crippen LogP contribution < -0.4 is 10.4 Å². The Hall–Kier alpha value is -2.60. The molecular weight excluding hydrogens is 299 g/mol. The molecule has 23 heavy (non-hydrogen) atoms. The number of aliphatic hydroxyl groups is 1. The summed E-state index contributed by atoms with van der Waals surface area (Å²) in [5.41, 5.74) is 1.39. The van der Waals surface area contributed by atoms with Gasteiger partial charge in [-0.05, 0) is 36.4 Å². The number of imidazole rings is 1. The van der Waals surface area contributed by atoms with Crippen LogP contribution in [0.4, 0.5) is 4.39 Å². The molecule has 5 nitrogen and oxygen atoms in total. The third-order valence-corrected chi connectivity index (χ3v) is 3.70. The van der Waals surface area contributed by atoms with E-state index in [0.29, 0.717) is 5.75 Å². The van der Waals surface area contributed by atoms with Crippen molar-refractivity contribution in [1.82, 2.24) is 9.13 Å². The first-order chi connectivity index (χ1) is 11.1. The minimum Gasteiger partial charge on any atom is -0.491 e. The Morgan fingerprint density at radius 1 is 1.13 bits per heavy atom. The fourth-order valence-corrected chi connectivity index (χ4v) is 2.53. The Balaban J connectivity index is 1.73. The summed E-state index contributed by atoms with van der Waals surface area (Å²) in [5.74, 6) is 0.121. The Labute approximate surface area is 132 Å². The summed E-state index contributed by atoms with van der Waals surface area (Å²) in [6.45, 7) is 0.142. The standard InChI is InChI=1S/C17H17FN2O3/c1-19-15-4-2-3-5-16(15)20(17(19)22)10-13(21)11-23-14-8-6-12(18)7-9-14/h2-9,13,21H,10-11H2,1H3/t13-/m0/s1. The van der Waals surface area contributed by atoms with Gasteiger partial charge in [-0.15, -0.1) is 0 Å². The van der Waals surface area contributed by atoms with Crippen LogP contribution in [0.3, 0.4) is 0 Å². The molecule has 0 fully saturated rings. The predicted octanol–water partition coefficient (Wildman–Crippen LogP) is 1.92. The van der Waals surface area contributed by atoms with E-state index in [0.717, 1.165) is 11.0 Å². The largest absolute Gasteiger partial charge is 0.491 e. The Morgan fingerprint density at radius 3 is 2.48 bits per heavy atom. The van der Waals surface area contributed by atoms with Crippen LogP contribution in [-0.4, -0.2) is 27.0 Å². The lowest BCUT2D eigenvalue weighted by molar-refractivity contribution is 0.0925. The number of para-hydroxylation sites is 2. The summed E-state index contributed by atoms with van der Waals surface area (Å²) < 4.78 is 21.3. The first-order valence-electron chi connectivity index (χ1n) is 7.27. The van der Waals surface area contributed by atoms with Crippen molar-refractivity contribution in [2.75, 3.05) is 6.61 Å². The monoisotopic (exact) mass is 316 g/mol. The van der Waals surface area contributed by atoms with Crippen LogP contribution >= 0.6 is 0 Å². The number of aromatic nitrogens is 2. The van der Waals surface area contributed by atoms with Gasteiger partial charge in [0.1, 0.15) is 24.3 Å². The van der Waals surface area contributed by atoms with E-state index in [1.54, 1.807) is 11.6 Å². The van der Waals surface area contributed by atoms with Crippen LogP contribution in [0.5, 0.6) is 5.75 Å². The molecular formula is C17H17FN2O3. The summed E-state index contributed by atoms with van der Waals surface area (Å²) >= 11 is 0. The van der Waals surface area contributed by atoms with E-state index in [2.05, 4.69) is 0 Å². The van der Waals surface area contributed by atoms with Crippen LogP contribution in [0.1, 0.15) is 0 Å². The molecule has 3 rings (SSSR count).